The Balaban J connectivity index is 2.63. The highest BCUT2D eigenvalue weighted by molar-refractivity contribution is 4.87. The Morgan fingerprint density at radius 3 is 1.86 bits per heavy atom. The van der Waals surface area contributed by atoms with Crippen molar-refractivity contribution in [1.82, 2.24) is 5.32 Å². The summed E-state index contributed by atoms with van der Waals surface area (Å²) in [6, 6.07) is 0.939. The summed E-state index contributed by atoms with van der Waals surface area (Å²) >= 11 is 0. The molecule has 0 bridgehead atoms. The largest absolute Gasteiger partial charge is 0.350 e. The molecule has 2 unspecified atom stereocenters. The molecule has 0 aliphatic carbocycles. The molecule has 0 aromatic rings. The van der Waals surface area contributed by atoms with Gasteiger partial charge in [0.2, 0.25) is 0 Å². The van der Waals surface area contributed by atoms with Crippen LogP contribution < -0.4 is 5.32 Å². The van der Waals surface area contributed by atoms with Gasteiger partial charge in [-0.25, -0.2) is 0 Å². The second-order valence-corrected chi connectivity index (χ2v) is 4.15. The van der Waals surface area contributed by atoms with Crippen LogP contribution in [0, 0.1) is 0 Å². The number of hydrogen-bond donors (Lipinski definition) is 1. The van der Waals surface area contributed by atoms with Crippen LogP contribution in [0.5, 0.6) is 0 Å². The minimum atomic E-state index is -0.340. The van der Waals surface area contributed by atoms with Crippen LogP contribution in [0.25, 0.3) is 0 Å². The lowest BCUT2D eigenvalue weighted by Gasteiger charge is -2.42. The quantitative estimate of drug-likeness (QED) is 0.705. The molecule has 0 radical (unpaired) electrons. The minimum absolute atomic E-state index is 0.340. The average molecular weight is 201 g/mol. The van der Waals surface area contributed by atoms with Crippen molar-refractivity contribution in [2.45, 2.75) is 58.4 Å². The first-order valence-corrected chi connectivity index (χ1v) is 5.66. The van der Waals surface area contributed by atoms with Crippen molar-refractivity contribution >= 4 is 0 Å². The van der Waals surface area contributed by atoms with E-state index in [0.717, 1.165) is 26.1 Å². The average Bonchev–Trinajstić information content (AvgIpc) is 2.02. The molecule has 3 nitrogen and oxygen atoms in total. The maximum atomic E-state index is 5.79. The third kappa shape index (κ3) is 2.94. The summed E-state index contributed by atoms with van der Waals surface area (Å²) in [5.74, 6) is -0.340. The third-order valence-corrected chi connectivity index (χ3v) is 2.62. The molecule has 0 spiro atoms. The molecular formula is C11H23NO2. The van der Waals surface area contributed by atoms with E-state index in [1.54, 1.807) is 0 Å². The molecule has 2 atom stereocenters. The van der Waals surface area contributed by atoms with E-state index in [1.807, 2.05) is 13.8 Å². The van der Waals surface area contributed by atoms with Crippen LogP contribution in [0.3, 0.4) is 0 Å². The van der Waals surface area contributed by atoms with Gasteiger partial charge in [0.05, 0.1) is 0 Å². The first kappa shape index (κ1) is 12.0. The topological polar surface area (TPSA) is 30.5 Å². The Hall–Kier alpha value is -0.120. The predicted molar refractivity (Wildman–Crippen MR) is 57.3 cm³/mol. The molecule has 0 saturated carbocycles. The first-order chi connectivity index (χ1) is 6.62. The molecule has 1 saturated heterocycles. The van der Waals surface area contributed by atoms with Gasteiger partial charge in [-0.1, -0.05) is 0 Å². The molecule has 0 amide bonds. The fourth-order valence-electron chi connectivity index (χ4n) is 2.42. The summed E-state index contributed by atoms with van der Waals surface area (Å²) < 4.78 is 11.6. The summed E-state index contributed by atoms with van der Waals surface area (Å²) in [5.41, 5.74) is 0. The molecule has 14 heavy (non-hydrogen) atoms. The lowest BCUT2D eigenvalue weighted by Crippen LogP contribution is -2.54. The van der Waals surface area contributed by atoms with E-state index >= 15 is 0 Å². The van der Waals surface area contributed by atoms with Crippen molar-refractivity contribution < 1.29 is 9.47 Å². The number of rotatable bonds is 4. The van der Waals surface area contributed by atoms with Crippen LogP contribution in [0.4, 0.5) is 0 Å². The summed E-state index contributed by atoms with van der Waals surface area (Å²) in [6.07, 6.45) is 1.89. The van der Waals surface area contributed by atoms with Crippen molar-refractivity contribution in [3.63, 3.8) is 0 Å². The van der Waals surface area contributed by atoms with E-state index in [1.165, 1.54) is 0 Å². The maximum Gasteiger partial charge on any atom is 0.171 e. The Morgan fingerprint density at radius 2 is 1.50 bits per heavy atom. The van der Waals surface area contributed by atoms with Gasteiger partial charge in [-0.3, -0.25) is 0 Å². The number of hydrogen-bond acceptors (Lipinski definition) is 3. The van der Waals surface area contributed by atoms with Gasteiger partial charge >= 0.3 is 0 Å². The highest BCUT2D eigenvalue weighted by atomic mass is 16.7. The van der Waals surface area contributed by atoms with Gasteiger partial charge in [-0.2, -0.15) is 0 Å². The maximum absolute atomic E-state index is 5.79. The number of ether oxygens (including phenoxy) is 2. The lowest BCUT2D eigenvalue weighted by molar-refractivity contribution is -0.254. The molecule has 1 aliphatic rings. The monoisotopic (exact) mass is 201 g/mol. The molecule has 84 valence electrons. The van der Waals surface area contributed by atoms with E-state index < -0.39 is 0 Å². The van der Waals surface area contributed by atoms with Crippen molar-refractivity contribution in [2.75, 3.05) is 13.2 Å². The van der Waals surface area contributed by atoms with Crippen LogP contribution in [-0.4, -0.2) is 31.1 Å². The molecule has 0 aromatic carbocycles. The SMILES string of the molecule is CCOC1(OCC)CC(C)NC(C)C1. The van der Waals surface area contributed by atoms with Crippen molar-refractivity contribution in [2.24, 2.45) is 0 Å². The zero-order chi connectivity index (χ0) is 10.6. The molecule has 1 rings (SSSR count). The fourth-order valence-corrected chi connectivity index (χ4v) is 2.42. The standard InChI is InChI=1S/C11H23NO2/c1-5-13-11(14-6-2)7-9(3)12-10(4)8-11/h9-10,12H,5-8H2,1-4H3. The molecule has 1 heterocycles. The Labute approximate surface area is 87.2 Å². The number of piperidine rings is 1. The Kier molecular flexibility index (Phi) is 4.35. The third-order valence-electron chi connectivity index (χ3n) is 2.62. The lowest BCUT2D eigenvalue weighted by atomic mass is 9.94. The van der Waals surface area contributed by atoms with E-state index in [0.29, 0.717) is 12.1 Å². The van der Waals surface area contributed by atoms with Gasteiger partial charge in [0.15, 0.2) is 5.79 Å². The molecule has 1 N–H and O–H groups in total. The molecule has 0 aromatic heterocycles. The minimum Gasteiger partial charge on any atom is -0.350 e. The smallest absolute Gasteiger partial charge is 0.171 e. The predicted octanol–water partition coefficient (Wildman–Crippen LogP) is 1.92. The summed E-state index contributed by atoms with van der Waals surface area (Å²) in [7, 11) is 0. The van der Waals surface area contributed by atoms with Crippen LogP contribution >= 0.6 is 0 Å². The molecule has 1 fully saturated rings. The van der Waals surface area contributed by atoms with E-state index in [9.17, 15) is 0 Å². The van der Waals surface area contributed by atoms with Crippen LogP contribution in [0.15, 0.2) is 0 Å². The van der Waals surface area contributed by atoms with E-state index in [-0.39, 0.29) is 5.79 Å². The van der Waals surface area contributed by atoms with Gasteiger partial charge in [0, 0.05) is 38.1 Å². The molecule has 1 aliphatic heterocycles. The first-order valence-electron chi connectivity index (χ1n) is 5.66. The number of nitrogens with one attached hydrogen (secondary N) is 1. The molecular weight excluding hydrogens is 178 g/mol. The van der Waals surface area contributed by atoms with Crippen molar-refractivity contribution in [1.29, 1.82) is 0 Å². The van der Waals surface area contributed by atoms with E-state index in [2.05, 4.69) is 19.2 Å². The highest BCUT2D eigenvalue weighted by Gasteiger charge is 2.39. The van der Waals surface area contributed by atoms with Crippen molar-refractivity contribution in [3.05, 3.63) is 0 Å². The second kappa shape index (κ2) is 5.10. The van der Waals surface area contributed by atoms with Crippen LogP contribution in [-0.2, 0) is 9.47 Å². The van der Waals surface area contributed by atoms with Gasteiger partial charge in [-0.05, 0) is 27.7 Å². The Bertz CT molecular complexity index is 155. The normalized spacial score (nSPS) is 31.7. The van der Waals surface area contributed by atoms with Crippen LogP contribution in [0.1, 0.15) is 40.5 Å². The van der Waals surface area contributed by atoms with Crippen LogP contribution in [0.2, 0.25) is 0 Å². The van der Waals surface area contributed by atoms with Gasteiger partial charge in [-0.15, -0.1) is 0 Å². The second-order valence-electron chi connectivity index (χ2n) is 4.15. The van der Waals surface area contributed by atoms with Crippen molar-refractivity contribution in [3.8, 4) is 0 Å². The van der Waals surface area contributed by atoms with Gasteiger partial charge < -0.3 is 14.8 Å². The summed E-state index contributed by atoms with van der Waals surface area (Å²) in [5, 5.41) is 3.49. The zero-order valence-corrected chi connectivity index (χ0v) is 9.80. The van der Waals surface area contributed by atoms with E-state index in [4.69, 9.17) is 9.47 Å². The van der Waals surface area contributed by atoms with Gasteiger partial charge in [0.25, 0.3) is 0 Å². The zero-order valence-electron chi connectivity index (χ0n) is 9.80. The summed E-state index contributed by atoms with van der Waals surface area (Å²) in [6.45, 7) is 9.86. The Morgan fingerprint density at radius 1 is 1.07 bits per heavy atom. The van der Waals surface area contributed by atoms with Gasteiger partial charge in [0.1, 0.15) is 0 Å². The summed E-state index contributed by atoms with van der Waals surface area (Å²) in [4.78, 5) is 0. The fraction of sp³-hybridized carbons (Fsp3) is 1.00. The molecule has 3 heteroatoms. The highest BCUT2D eigenvalue weighted by Crippen LogP contribution is 2.30.